The first-order valence-electron chi connectivity index (χ1n) is 6.46. The number of hydrogen-bond donors (Lipinski definition) is 1. The van der Waals surface area contributed by atoms with Crippen LogP contribution in [0.15, 0.2) is 0 Å². The second-order valence-electron chi connectivity index (χ2n) is 4.91. The third kappa shape index (κ3) is 3.61. The van der Waals surface area contributed by atoms with Crippen molar-refractivity contribution in [3.8, 4) is 0 Å². The van der Waals surface area contributed by atoms with Crippen LogP contribution in [0.25, 0.3) is 0 Å². The Labute approximate surface area is 88.9 Å². The molecule has 0 aromatic carbocycles. The standard InChI is InChI=1S/C13H26O/c1-3-5-9-12(4-2)13(14)10-11-7-6-8-11/h11-14H,3-10H2,1-2H3. The maximum absolute atomic E-state index is 10.1. The highest BCUT2D eigenvalue weighted by Crippen LogP contribution is 2.33. The molecular formula is C13H26O. The highest BCUT2D eigenvalue weighted by atomic mass is 16.3. The molecule has 0 spiro atoms. The van der Waals surface area contributed by atoms with Crippen molar-refractivity contribution in [1.29, 1.82) is 0 Å². The van der Waals surface area contributed by atoms with Gasteiger partial charge in [-0.25, -0.2) is 0 Å². The van der Waals surface area contributed by atoms with Crippen LogP contribution in [-0.2, 0) is 0 Å². The molecule has 84 valence electrons. The van der Waals surface area contributed by atoms with Gasteiger partial charge in [0.05, 0.1) is 6.10 Å². The zero-order chi connectivity index (χ0) is 10.4. The van der Waals surface area contributed by atoms with Crippen LogP contribution < -0.4 is 0 Å². The lowest BCUT2D eigenvalue weighted by molar-refractivity contribution is 0.0590. The summed E-state index contributed by atoms with van der Waals surface area (Å²) in [5, 5.41) is 10.1. The molecule has 1 rings (SSSR count). The van der Waals surface area contributed by atoms with Crippen molar-refractivity contribution in [1.82, 2.24) is 0 Å². The molecule has 0 heterocycles. The molecule has 1 fully saturated rings. The van der Waals surface area contributed by atoms with Crippen molar-refractivity contribution < 1.29 is 5.11 Å². The molecule has 0 amide bonds. The Balaban J connectivity index is 2.19. The SMILES string of the molecule is CCCCC(CC)C(O)CC1CCC1. The van der Waals surface area contributed by atoms with Crippen LogP contribution in [0.2, 0.25) is 0 Å². The Morgan fingerprint density at radius 3 is 2.43 bits per heavy atom. The quantitative estimate of drug-likeness (QED) is 0.660. The highest BCUT2D eigenvalue weighted by molar-refractivity contribution is 4.76. The molecule has 0 aromatic heterocycles. The zero-order valence-electron chi connectivity index (χ0n) is 9.84. The van der Waals surface area contributed by atoms with Gasteiger partial charge in [0.2, 0.25) is 0 Å². The Morgan fingerprint density at radius 1 is 1.29 bits per heavy atom. The van der Waals surface area contributed by atoms with E-state index >= 15 is 0 Å². The predicted octanol–water partition coefficient (Wildman–Crippen LogP) is 3.75. The van der Waals surface area contributed by atoms with Crippen LogP contribution >= 0.6 is 0 Å². The average Bonchev–Trinajstić information content (AvgIpc) is 2.13. The van der Waals surface area contributed by atoms with Gasteiger partial charge in [-0.2, -0.15) is 0 Å². The van der Waals surface area contributed by atoms with E-state index in [-0.39, 0.29) is 6.10 Å². The molecule has 0 aliphatic heterocycles. The van der Waals surface area contributed by atoms with Crippen LogP contribution in [0.4, 0.5) is 0 Å². The average molecular weight is 198 g/mol. The fourth-order valence-electron chi connectivity index (χ4n) is 2.40. The van der Waals surface area contributed by atoms with E-state index in [0.29, 0.717) is 5.92 Å². The van der Waals surface area contributed by atoms with Crippen molar-refractivity contribution in [2.75, 3.05) is 0 Å². The molecule has 1 nitrogen and oxygen atoms in total. The molecule has 2 atom stereocenters. The Hall–Kier alpha value is -0.0400. The fraction of sp³-hybridized carbons (Fsp3) is 1.00. The minimum absolute atomic E-state index is 0.0168. The summed E-state index contributed by atoms with van der Waals surface area (Å²) in [5.74, 6) is 1.41. The summed E-state index contributed by atoms with van der Waals surface area (Å²) >= 11 is 0. The molecule has 2 unspecified atom stereocenters. The summed E-state index contributed by atoms with van der Waals surface area (Å²) in [5.41, 5.74) is 0. The van der Waals surface area contributed by atoms with E-state index in [1.54, 1.807) is 0 Å². The Bertz CT molecular complexity index is 140. The molecule has 1 aliphatic rings. The molecule has 1 heteroatoms. The van der Waals surface area contributed by atoms with Crippen molar-refractivity contribution in [3.63, 3.8) is 0 Å². The first-order valence-corrected chi connectivity index (χ1v) is 6.46. The molecule has 1 saturated carbocycles. The number of rotatable bonds is 7. The molecule has 1 N–H and O–H groups in total. The van der Waals surface area contributed by atoms with E-state index in [4.69, 9.17) is 0 Å². The monoisotopic (exact) mass is 198 g/mol. The lowest BCUT2D eigenvalue weighted by Gasteiger charge is -2.30. The highest BCUT2D eigenvalue weighted by Gasteiger charge is 2.24. The second-order valence-corrected chi connectivity index (χ2v) is 4.91. The smallest absolute Gasteiger partial charge is 0.0570 e. The van der Waals surface area contributed by atoms with Crippen molar-refractivity contribution in [3.05, 3.63) is 0 Å². The first-order chi connectivity index (χ1) is 6.77. The summed E-state index contributed by atoms with van der Waals surface area (Å²) in [6, 6.07) is 0. The summed E-state index contributed by atoms with van der Waals surface area (Å²) in [6.07, 6.45) is 10.1. The van der Waals surface area contributed by atoms with E-state index < -0.39 is 0 Å². The summed E-state index contributed by atoms with van der Waals surface area (Å²) < 4.78 is 0. The number of hydrogen-bond acceptors (Lipinski definition) is 1. The van der Waals surface area contributed by atoms with E-state index in [2.05, 4.69) is 13.8 Å². The largest absolute Gasteiger partial charge is 0.393 e. The van der Waals surface area contributed by atoms with Crippen LogP contribution in [-0.4, -0.2) is 11.2 Å². The molecule has 0 aromatic rings. The fourth-order valence-corrected chi connectivity index (χ4v) is 2.40. The lowest BCUT2D eigenvalue weighted by Crippen LogP contribution is -2.26. The summed E-state index contributed by atoms with van der Waals surface area (Å²) in [4.78, 5) is 0. The third-order valence-electron chi connectivity index (χ3n) is 3.80. The lowest BCUT2D eigenvalue weighted by atomic mass is 9.78. The van der Waals surface area contributed by atoms with Gasteiger partial charge in [-0.15, -0.1) is 0 Å². The van der Waals surface area contributed by atoms with Gasteiger partial charge >= 0.3 is 0 Å². The van der Waals surface area contributed by atoms with Crippen LogP contribution in [0.1, 0.15) is 65.2 Å². The van der Waals surface area contributed by atoms with Gasteiger partial charge in [0.25, 0.3) is 0 Å². The predicted molar refractivity (Wildman–Crippen MR) is 61.3 cm³/mol. The molecule has 0 bridgehead atoms. The van der Waals surface area contributed by atoms with Gasteiger partial charge in [-0.1, -0.05) is 52.4 Å². The molecule has 14 heavy (non-hydrogen) atoms. The third-order valence-corrected chi connectivity index (χ3v) is 3.80. The van der Waals surface area contributed by atoms with E-state index in [0.717, 1.165) is 18.8 Å². The van der Waals surface area contributed by atoms with Gasteiger partial charge in [0.1, 0.15) is 0 Å². The summed E-state index contributed by atoms with van der Waals surface area (Å²) in [7, 11) is 0. The van der Waals surface area contributed by atoms with Gasteiger partial charge in [0.15, 0.2) is 0 Å². The van der Waals surface area contributed by atoms with Crippen LogP contribution in [0, 0.1) is 11.8 Å². The van der Waals surface area contributed by atoms with Gasteiger partial charge < -0.3 is 5.11 Å². The van der Waals surface area contributed by atoms with Gasteiger partial charge in [-0.3, -0.25) is 0 Å². The van der Waals surface area contributed by atoms with Crippen LogP contribution in [0.5, 0.6) is 0 Å². The zero-order valence-corrected chi connectivity index (χ0v) is 9.84. The topological polar surface area (TPSA) is 20.2 Å². The Kier molecular flexibility index (Phi) is 5.54. The minimum Gasteiger partial charge on any atom is -0.393 e. The maximum Gasteiger partial charge on any atom is 0.0570 e. The molecule has 0 saturated heterocycles. The Morgan fingerprint density at radius 2 is 2.00 bits per heavy atom. The number of aliphatic hydroxyl groups is 1. The van der Waals surface area contributed by atoms with E-state index in [1.807, 2.05) is 0 Å². The summed E-state index contributed by atoms with van der Waals surface area (Å²) in [6.45, 7) is 4.44. The molecule has 0 radical (unpaired) electrons. The van der Waals surface area contributed by atoms with Crippen molar-refractivity contribution in [2.24, 2.45) is 11.8 Å². The van der Waals surface area contributed by atoms with Crippen molar-refractivity contribution in [2.45, 2.75) is 71.3 Å². The van der Waals surface area contributed by atoms with E-state index in [1.165, 1.54) is 38.5 Å². The number of aliphatic hydroxyl groups excluding tert-OH is 1. The number of unbranched alkanes of at least 4 members (excludes halogenated alkanes) is 1. The minimum atomic E-state index is -0.0168. The first kappa shape index (κ1) is 12.0. The van der Waals surface area contributed by atoms with Gasteiger partial charge in [-0.05, 0) is 24.7 Å². The van der Waals surface area contributed by atoms with Crippen LogP contribution in [0.3, 0.4) is 0 Å². The molecule has 1 aliphatic carbocycles. The van der Waals surface area contributed by atoms with Crippen molar-refractivity contribution >= 4 is 0 Å². The van der Waals surface area contributed by atoms with Gasteiger partial charge in [0, 0.05) is 0 Å². The molecular weight excluding hydrogens is 172 g/mol. The maximum atomic E-state index is 10.1. The van der Waals surface area contributed by atoms with E-state index in [9.17, 15) is 5.11 Å². The second kappa shape index (κ2) is 6.44. The normalized spacial score (nSPS) is 21.6.